The first-order chi connectivity index (χ1) is 12.5. The van der Waals surface area contributed by atoms with Gasteiger partial charge in [0.25, 0.3) is 0 Å². The molecule has 0 aromatic heterocycles. The molecule has 3 amide bonds. The summed E-state index contributed by atoms with van der Waals surface area (Å²) in [4.78, 5) is 23.7. The lowest BCUT2D eigenvalue weighted by atomic mass is 9.83. The predicted octanol–water partition coefficient (Wildman–Crippen LogP) is 3.43. The van der Waals surface area contributed by atoms with Gasteiger partial charge >= 0.3 is 6.03 Å². The molecule has 5 nitrogen and oxygen atoms in total. The molecule has 3 rings (SSSR count). The van der Waals surface area contributed by atoms with Crippen molar-refractivity contribution < 1.29 is 18.4 Å². The summed E-state index contributed by atoms with van der Waals surface area (Å²) in [6.07, 6.45) is 6.00. The number of hydrogen-bond donors (Lipinski definition) is 3. The topological polar surface area (TPSA) is 70.2 Å². The van der Waals surface area contributed by atoms with Crippen LogP contribution in [-0.4, -0.2) is 24.5 Å². The number of halogens is 3. The summed E-state index contributed by atoms with van der Waals surface area (Å²) in [6.45, 7) is 0.174. The van der Waals surface area contributed by atoms with Gasteiger partial charge in [0, 0.05) is 12.1 Å². The summed E-state index contributed by atoms with van der Waals surface area (Å²) in [6, 6.07) is 0.691. The number of hydrogen-bond acceptors (Lipinski definition) is 2. The number of nitrogens with one attached hydrogen (secondary N) is 3. The van der Waals surface area contributed by atoms with Gasteiger partial charge in [0.1, 0.15) is 22.7 Å². The molecular formula is C18H22ClF2N3O2. The quantitative estimate of drug-likeness (QED) is 0.679. The van der Waals surface area contributed by atoms with Gasteiger partial charge in [-0.05, 0) is 18.4 Å². The van der Waals surface area contributed by atoms with Gasteiger partial charge in [-0.25, -0.2) is 13.6 Å². The van der Waals surface area contributed by atoms with Crippen LogP contribution in [0.4, 0.5) is 13.6 Å². The number of urea groups is 1. The van der Waals surface area contributed by atoms with Crippen molar-refractivity contribution in [2.45, 2.75) is 50.6 Å². The van der Waals surface area contributed by atoms with E-state index in [2.05, 4.69) is 16.0 Å². The highest BCUT2D eigenvalue weighted by atomic mass is 35.5. The Morgan fingerprint density at radius 3 is 2.65 bits per heavy atom. The van der Waals surface area contributed by atoms with Gasteiger partial charge in [0.05, 0.1) is 6.04 Å². The fraction of sp³-hybridized carbons (Fsp3) is 0.556. The Morgan fingerprint density at radius 1 is 1.27 bits per heavy atom. The van der Waals surface area contributed by atoms with Gasteiger partial charge in [-0.1, -0.05) is 49.8 Å². The van der Waals surface area contributed by atoms with Crippen molar-refractivity contribution in [2.24, 2.45) is 5.92 Å². The van der Waals surface area contributed by atoms with Crippen molar-refractivity contribution >= 4 is 23.5 Å². The summed E-state index contributed by atoms with van der Waals surface area (Å²) < 4.78 is 28.1. The van der Waals surface area contributed by atoms with Crippen LogP contribution in [0.2, 0.25) is 5.02 Å². The van der Waals surface area contributed by atoms with E-state index in [1.807, 2.05) is 0 Å². The molecule has 1 aromatic rings. The van der Waals surface area contributed by atoms with Gasteiger partial charge in [0.2, 0.25) is 5.91 Å². The molecule has 0 bridgehead atoms. The molecule has 1 saturated heterocycles. The zero-order valence-electron chi connectivity index (χ0n) is 14.3. The monoisotopic (exact) mass is 385 g/mol. The Labute approximate surface area is 155 Å². The standard InChI is InChI=1S/C18H22ClF2N3O2/c19-15-12(20)7-6-11(16(15)21)13(8-10-4-2-1-3-5-10)23-17(25)14-9-22-18(26)24-14/h6-7,10,13-14H,1-5,8-9H2,(H,23,25)(H2,22,24,26)/t13-,14+/m1/s1. The molecule has 0 unspecified atom stereocenters. The van der Waals surface area contributed by atoms with E-state index in [4.69, 9.17) is 11.6 Å². The van der Waals surface area contributed by atoms with Crippen LogP contribution in [0.5, 0.6) is 0 Å². The molecule has 26 heavy (non-hydrogen) atoms. The molecule has 2 atom stereocenters. The highest BCUT2D eigenvalue weighted by molar-refractivity contribution is 6.31. The maximum absolute atomic E-state index is 14.6. The molecule has 1 aromatic carbocycles. The first kappa shape index (κ1) is 18.9. The molecule has 3 N–H and O–H groups in total. The zero-order valence-corrected chi connectivity index (χ0v) is 15.0. The van der Waals surface area contributed by atoms with Crippen LogP contribution < -0.4 is 16.0 Å². The van der Waals surface area contributed by atoms with Crippen molar-refractivity contribution in [1.82, 2.24) is 16.0 Å². The average Bonchev–Trinajstić information content (AvgIpc) is 3.07. The SMILES string of the molecule is O=C1NC[C@@H](C(=O)N[C@H](CC2CCCCC2)c2ccc(F)c(Cl)c2F)N1. The second-order valence-electron chi connectivity index (χ2n) is 6.97. The Morgan fingerprint density at radius 2 is 2.00 bits per heavy atom. The summed E-state index contributed by atoms with van der Waals surface area (Å²) in [5.74, 6) is -1.72. The van der Waals surface area contributed by atoms with Crippen LogP contribution >= 0.6 is 11.6 Å². The molecule has 1 aliphatic heterocycles. The van der Waals surface area contributed by atoms with Crippen LogP contribution in [0, 0.1) is 17.6 Å². The Hall–Kier alpha value is -1.89. The molecule has 2 fully saturated rings. The molecule has 0 spiro atoms. The third-order valence-corrected chi connectivity index (χ3v) is 5.49. The van der Waals surface area contributed by atoms with Crippen LogP contribution in [0.3, 0.4) is 0 Å². The minimum absolute atomic E-state index is 0.174. The average molecular weight is 386 g/mol. The molecule has 142 valence electrons. The van der Waals surface area contributed by atoms with E-state index in [-0.39, 0.29) is 12.1 Å². The molecule has 2 aliphatic rings. The zero-order chi connectivity index (χ0) is 18.7. The molecule has 1 saturated carbocycles. The minimum atomic E-state index is -0.846. The van der Waals surface area contributed by atoms with E-state index in [0.29, 0.717) is 12.3 Å². The highest BCUT2D eigenvalue weighted by Crippen LogP contribution is 2.34. The second-order valence-corrected chi connectivity index (χ2v) is 7.35. The van der Waals surface area contributed by atoms with Gasteiger partial charge in [-0.2, -0.15) is 0 Å². The van der Waals surface area contributed by atoms with Gasteiger partial charge in [-0.3, -0.25) is 4.79 Å². The Bertz CT molecular complexity index is 695. The second kappa shape index (κ2) is 8.20. The van der Waals surface area contributed by atoms with Crippen LogP contribution in [0.15, 0.2) is 12.1 Å². The van der Waals surface area contributed by atoms with Crippen molar-refractivity contribution in [3.8, 4) is 0 Å². The van der Waals surface area contributed by atoms with Crippen molar-refractivity contribution in [3.63, 3.8) is 0 Å². The smallest absolute Gasteiger partial charge is 0.315 e. The summed E-state index contributed by atoms with van der Waals surface area (Å²) in [5, 5.41) is 7.27. The summed E-state index contributed by atoms with van der Waals surface area (Å²) >= 11 is 5.72. The lowest BCUT2D eigenvalue weighted by Crippen LogP contribution is -2.44. The van der Waals surface area contributed by atoms with Crippen molar-refractivity contribution in [3.05, 3.63) is 34.4 Å². The van der Waals surface area contributed by atoms with E-state index in [0.717, 1.165) is 31.7 Å². The largest absolute Gasteiger partial charge is 0.347 e. The van der Waals surface area contributed by atoms with E-state index < -0.39 is 40.7 Å². The van der Waals surface area contributed by atoms with Gasteiger partial charge < -0.3 is 16.0 Å². The molecule has 1 heterocycles. The minimum Gasteiger partial charge on any atom is -0.347 e. The van der Waals surface area contributed by atoms with Crippen molar-refractivity contribution in [1.29, 1.82) is 0 Å². The first-order valence-corrected chi connectivity index (χ1v) is 9.31. The fourth-order valence-electron chi connectivity index (χ4n) is 3.72. The predicted molar refractivity (Wildman–Crippen MR) is 93.8 cm³/mol. The third-order valence-electron chi connectivity index (χ3n) is 5.14. The molecule has 8 heteroatoms. The van der Waals surface area contributed by atoms with Crippen LogP contribution in [0.1, 0.15) is 50.1 Å². The maximum atomic E-state index is 14.6. The number of benzene rings is 1. The fourth-order valence-corrected chi connectivity index (χ4v) is 3.89. The Balaban J connectivity index is 1.80. The number of amides is 3. The summed E-state index contributed by atoms with van der Waals surface area (Å²) in [5.41, 5.74) is 0.174. The lowest BCUT2D eigenvalue weighted by Gasteiger charge is -2.28. The molecule has 1 aliphatic carbocycles. The van der Waals surface area contributed by atoms with E-state index >= 15 is 0 Å². The lowest BCUT2D eigenvalue weighted by molar-refractivity contribution is -0.123. The van der Waals surface area contributed by atoms with Crippen LogP contribution in [-0.2, 0) is 4.79 Å². The third kappa shape index (κ3) is 4.26. The normalized spacial score (nSPS) is 21.8. The van der Waals surface area contributed by atoms with Crippen LogP contribution in [0.25, 0.3) is 0 Å². The molecule has 0 radical (unpaired) electrons. The first-order valence-electron chi connectivity index (χ1n) is 8.94. The summed E-state index contributed by atoms with van der Waals surface area (Å²) in [7, 11) is 0. The number of carbonyl (C=O) groups is 2. The van der Waals surface area contributed by atoms with E-state index in [1.54, 1.807) is 0 Å². The number of rotatable bonds is 5. The van der Waals surface area contributed by atoms with Gasteiger partial charge in [0.15, 0.2) is 0 Å². The Kier molecular flexibility index (Phi) is 5.96. The molecular weight excluding hydrogens is 364 g/mol. The van der Waals surface area contributed by atoms with E-state index in [1.165, 1.54) is 12.5 Å². The highest BCUT2D eigenvalue weighted by Gasteiger charge is 2.31. The van der Waals surface area contributed by atoms with Crippen molar-refractivity contribution in [2.75, 3.05) is 6.54 Å². The van der Waals surface area contributed by atoms with E-state index in [9.17, 15) is 18.4 Å². The van der Waals surface area contributed by atoms with Gasteiger partial charge in [-0.15, -0.1) is 0 Å². The maximum Gasteiger partial charge on any atom is 0.315 e. The number of carbonyl (C=O) groups excluding carboxylic acids is 2.